The highest BCUT2D eigenvalue weighted by atomic mass is 16.4. The number of aromatic nitrogens is 2. The molecule has 1 unspecified atom stereocenters. The smallest absolute Gasteiger partial charge is 0.237 e. The van der Waals surface area contributed by atoms with Crippen LogP contribution in [0.2, 0.25) is 0 Å². The van der Waals surface area contributed by atoms with Crippen LogP contribution in [0.3, 0.4) is 0 Å². The molecular formula is C17H23N3O. The van der Waals surface area contributed by atoms with Crippen molar-refractivity contribution in [3.63, 3.8) is 0 Å². The van der Waals surface area contributed by atoms with Gasteiger partial charge in [0.2, 0.25) is 11.8 Å². The van der Waals surface area contributed by atoms with Crippen LogP contribution in [-0.4, -0.2) is 16.7 Å². The van der Waals surface area contributed by atoms with Crippen LogP contribution in [0.1, 0.15) is 68.3 Å². The van der Waals surface area contributed by atoms with Gasteiger partial charge in [-0.1, -0.05) is 56.5 Å². The summed E-state index contributed by atoms with van der Waals surface area (Å²) in [5.74, 6) is 1.96. The van der Waals surface area contributed by atoms with E-state index in [1.165, 1.54) is 32.1 Å². The summed E-state index contributed by atoms with van der Waals surface area (Å²) in [7, 11) is 0. The lowest BCUT2D eigenvalue weighted by Crippen LogP contribution is -2.22. The second-order valence-corrected chi connectivity index (χ2v) is 5.71. The van der Waals surface area contributed by atoms with Gasteiger partial charge in [-0.15, -0.1) is 10.2 Å². The van der Waals surface area contributed by atoms with Crippen LogP contribution < -0.4 is 5.32 Å². The molecule has 1 saturated carbocycles. The largest absolute Gasteiger partial charge is 0.423 e. The first-order chi connectivity index (χ1) is 10.4. The van der Waals surface area contributed by atoms with Gasteiger partial charge in [0.05, 0.1) is 0 Å². The van der Waals surface area contributed by atoms with Crippen molar-refractivity contribution in [2.75, 3.05) is 6.54 Å². The third kappa shape index (κ3) is 3.32. The van der Waals surface area contributed by atoms with Gasteiger partial charge in [-0.25, -0.2) is 0 Å². The molecule has 0 amide bonds. The second-order valence-electron chi connectivity index (χ2n) is 5.71. The monoisotopic (exact) mass is 285 g/mol. The topological polar surface area (TPSA) is 51.0 Å². The van der Waals surface area contributed by atoms with E-state index in [1.807, 2.05) is 18.2 Å². The maximum Gasteiger partial charge on any atom is 0.237 e. The van der Waals surface area contributed by atoms with Gasteiger partial charge in [0, 0.05) is 5.92 Å². The first-order valence-corrected chi connectivity index (χ1v) is 8.00. The summed E-state index contributed by atoms with van der Waals surface area (Å²) in [6.45, 7) is 2.95. The number of rotatable bonds is 5. The Morgan fingerprint density at radius 3 is 2.62 bits per heavy atom. The maximum atomic E-state index is 6.01. The van der Waals surface area contributed by atoms with Crippen LogP contribution >= 0.6 is 0 Å². The lowest BCUT2D eigenvalue weighted by molar-refractivity contribution is 0.339. The molecule has 1 aromatic carbocycles. The fraction of sp³-hybridized carbons (Fsp3) is 0.529. The van der Waals surface area contributed by atoms with Crippen molar-refractivity contribution in [2.45, 2.75) is 51.0 Å². The molecule has 4 heteroatoms. The SMILES string of the molecule is CCNC(c1ccccc1)c1nnc(C2CCCCC2)o1. The van der Waals surface area contributed by atoms with E-state index in [-0.39, 0.29) is 6.04 Å². The highest BCUT2D eigenvalue weighted by Crippen LogP contribution is 2.33. The standard InChI is InChI=1S/C17H23N3O/c1-2-18-15(13-9-5-3-6-10-13)17-20-19-16(21-17)14-11-7-4-8-12-14/h3,5-6,9-10,14-15,18H,2,4,7-8,11-12H2,1H3. The fourth-order valence-corrected chi connectivity index (χ4v) is 3.08. The van der Waals surface area contributed by atoms with Gasteiger partial charge in [-0.2, -0.15) is 0 Å². The third-order valence-corrected chi connectivity index (χ3v) is 4.20. The fourth-order valence-electron chi connectivity index (χ4n) is 3.08. The summed E-state index contributed by atoms with van der Waals surface area (Å²) in [6.07, 6.45) is 6.24. The first-order valence-electron chi connectivity index (χ1n) is 8.00. The zero-order valence-corrected chi connectivity index (χ0v) is 12.6. The molecule has 3 rings (SSSR count). The Balaban J connectivity index is 1.81. The van der Waals surface area contributed by atoms with E-state index < -0.39 is 0 Å². The molecule has 0 aliphatic heterocycles. The quantitative estimate of drug-likeness (QED) is 0.907. The van der Waals surface area contributed by atoms with Gasteiger partial charge in [0.25, 0.3) is 0 Å². The van der Waals surface area contributed by atoms with Crippen LogP contribution in [-0.2, 0) is 0 Å². The van der Waals surface area contributed by atoms with Gasteiger partial charge in [-0.3, -0.25) is 0 Å². The summed E-state index contributed by atoms with van der Waals surface area (Å²) < 4.78 is 6.01. The van der Waals surface area contributed by atoms with E-state index >= 15 is 0 Å². The van der Waals surface area contributed by atoms with Crippen LogP contribution in [0.25, 0.3) is 0 Å². The maximum absolute atomic E-state index is 6.01. The van der Waals surface area contributed by atoms with E-state index in [0.717, 1.165) is 18.0 Å². The van der Waals surface area contributed by atoms with Gasteiger partial charge in [0.1, 0.15) is 6.04 Å². The number of benzene rings is 1. The molecule has 1 aliphatic carbocycles. The summed E-state index contributed by atoms with van der Waals surface area (Å²) in [6, 6.07) is 10.3. The van der Waals surface area contributed by atoms with Crippen molar-refractivity contribution in [1.82, 2.24) is 15.5 Å². The molecule has 0 saturated heterocycles. The Kier molecular flexibility index (Phi) is 4.65. The minimum atomic E-state index is -0.0129. The minimum absolute atomic E-state index is 0.0129. The van der Waals surface area contributed by atoms with E-state index in [2.05, 4.69) is 34.6 Å². The minimum Gasteiger partial charge on any atom is -0.423 e. The van der Waals surface area contributed by atoms with Crippen molar-refractivity contribution < 1.29 is 4.42 Å². The van der Waals surface area contributed by atoms with Crippen LogP contribution in [0.4, 0.5) is 0 Å². The third-order valence-electron chi connectivity index (χ3n) is 4.20. The molecule has 1 aromatic heterocycles. The van der Waals surface area contributed by atoms with Crippen molar-refractivity contribution in [3.8, 4) is 0 Å². The van der Waals surface area contributed by atoms with Gasteiger partial charge in [-0.05, 0) is 24.9 Å². The molecule has 0 spiro atoms. The van der Waals surface area contributed by atoms with Crippen LogP contribution in [0.15, 0.2) is 34.7 Å². The summed E-state index contributed by atoms with van der Waals surface area (Å²) in [5, 5.41) is 12.1. The number of nitrogens with one attached hydrogen (secondary N) is 1. The van der Waals surface area contributed by atoms with Gasteiger partial charge >= 0.3 is 0 Å². The average Bonchev–Trinajstić information content (AvgIpc) is 3.04. The van der Waals surface area contributed by atoms with E-state index in [1.54, 1.807) is 0 Å². The molecule has 112 valence electrons. The van der Waals surface area contributed by atoms with Crippen LogP contribution in [0.5, 0.6) is 0 Å². The Morgan fingerprint density at radius 1 is 1.14 bits per heavy atom. The second kappa shape index (κ2) is 6.85. The normalized spacial score (nSPS) is 17.8. The molecule has 2 aromatic rings. The van der Waals surface area contributed by atoms with E-state index in [4.69, 9.17) is 4.42 Å². The summed E-state index contributed by atoms with van der Waals surface area (Å²) in [4.78, 5) is 0. The molecule has 0 bridgehead atoms. The zero-order chi connectivity index (χ0) is 14.5. The molecule has 0 radical (unpaired) electrons. The van der Waals surface area contributed by atoms with E-state index in [9.17, 15) is 0 Å². The summed E-state index contributed by atoms with van der Waals surface area (Å²) in [5.41, 5.74) is 1.16. The summed E-state index contributed by atoms with van der Waals surface area (Å²) >= 11 is 0. The van der Waals surface area contributed by atoms with Crippen molar-refractivity contribution >= 4 is 0 Å². The predicted molar refractivity (Wildman–Crippen MR) is 82.1 cm³/mol. The average molecular weight is 285 g/mol. The van der Waals surface area contributed by atoms with Crippen molar-refractivity contribution in [2.24, 2.45) is 0 Å². The molecule has 1 heterocycles. The molecule has 21 heavy (non-hydrogen) atoms. The van der Waals surface area contributed by atoms with E-state index in [0.29, 0.717) is 11.8 Å². The van der Waals surface area contributed by atoms with Crippen molar-refractivity contribution in [3.05, 3.63) is 47.7 Å². The Morgan fingerprint density at radius 2 is 1.90 bits per heavy atom. The highest BCUT2D eigenvalue weighted by molar-refractivity contribution is 5.23. The molecule has 1 aliphatic rings. The van der Waals surface area contributed by atoms with Crippen LogP contribution in [0, 0.1) is 0 Å². The van der Waals surface area contributed by atoms with Gasteiger partial charge < -0.3 is 9.73 Å². The molecule has 1 atom stereocenters. The van der Waals surface area contributed by atoms with Gasteiger partial charge in [0.15, 0.2) is 0 Å². The molecule has 1 N–H and O–H groups in total. The number of hydrogen-bond donors (Lipinski definition) is 1. The zero-order valence-electron chi connectivity index (χ0n) is 12.6. The Bertz CT molecular complexity index is 546. The molecular weight excluding hydrogens is 262 g/mol. The first kappa shape index (κ1) is 14.3. The molecule has 4 nitrogen and oxygen atoms in total. The lowest BCUT2D eigenvalue weighted by atomic mass is 9.89. The van der Waals surface area contributed by atoms with Crippen molar-refractivity contribution in [1.29, 1.82) is 0 Å². The Hall–Kier alpha value is -1.68. The number of nitrogens with zero attached hydrogens (tertiary/aromatic N) is 2. The Labute approximate surface area is 126 Å². The highest BCUT2D eigenvalue weighted by Gasteiger charge is 2.24. The lowest BCUT2D eigenvalue weighted by Gasteiger charge is -2.18. The molecule has 1 fully saturated rings. The number of hydrogen-bond acceptors (Lipinski definition) is 4. The predicted octanol–water partition coefficient (Wildman–Crippen LogP) is 3.82.